The van der Waals surface area contributed by atoms with Crippen molar-refractivity contribution in [1.29, 1.82) is 0 Å². The van der Waals surface area contributed by atoms with E-state index in [1.807, 2.05) is 20.0 Å². The van der Waals surface area contributed by atoms with Crippen molar-refractivity contribution in [3.8, 4) is 5.75 Å². The number of anilines is 1. The van der Waals surface area contributed by atoms with Gasteiger partial charge in [0.05, 0.1) is 23.9 Å². The van der Waals surface area contributed by atoms with Crippen LogP contribution in [0, 0.1) is 12.8 Å². The first-order valence-electron chi connectivity index (χ1n) is 7.80. The first kappa shape index (κ1) is 16.0. The molecule has 0 bridgehead atoms. The van der Waals surface area contributed by atoms with Gasteiger partial charge >= 0.3 is 0 Å². The molecule has 0 saturated carbocycles. The van der Waals surface area contributed by atoms with E-state index in [0.717, 1.165) is 11.4 Å². The molecule has 2 N–H and O–H groups in total. The van der Waals surface area contributed by atoms with E-state index in [1.165, 1.54) is 11.0 Å². The molecule has 0 aliphatic carbocycles. The molecular weight excluding hydrogens is 308 g/mol. The summed E-state index contributed by atoms with van der Waals surface area (Å²) in [7, 11) is 1.83. The Morgan fingerprint density at radius 1 is 1.42 bits per heavy atom. The number of phenols is 1. The molecule has 7 nitrogen and oxygen atoms in total. The molecule has 126 valence electrons. The number of nitrogens with zero attached hydrogens (tertiary/aromatic N) is 3. The van der Waals surface area contributed by atoms with Crippen LogP contribution in [-0.4, -0.2) is 33.2 Å². The lowest BCUT2D eigenvalue weighted by Gasteiger charge is -2.17. The summed E-state index contributed by atoms with van der Waals surface area (Å²) in [5.74, 6) is -0.559. The molecule has 1 aromatic heterocycles. The van der Waals surface area contributed by atoms with Gasteiger partial charge in [-0.05, 0) is 25.1 Å². The second-order valence-electron chi connectivity index (χ2n) is 6.04. The predicted octanol–water partition coefficient (Wildman–Crippen LogP) is 1.10. The van der Waals surface area contributed by atoms with Gasteiger partial charge in [-0.3, -0.25) is 14.3 Å². The van der Waals surface area contributed by atoms with Crippen LogP contribution in [0.1, 0.15) is 17.8 Å². The van der Waals surface area contributed by atoms with E-state index in [2.05, 4.69) is 10.4 Å². The second kappa shape index (κ2) is 6.35. The molecule has 1 aliphatic rings. The normalized spacial score (nSPS) is 17.3. The number of amides is 2. The minimum absolute atomic E-state index is 0.0970. The smallest absolute Gasteiger partial charge is 0.227 e. The van der Waals surface area contributed by atoms with Gasteiger partial charge in [0, 0.05) is 31.8 Å². The van der Waals surface area contributed by atoms with Crippen molar-refractivity contribution in [1.82, 2.24) is 15.1 Å². The van der Waals surface area contributed by atoms with Crippen LogP contribution in [0.4, 0.5) is 5.69 Å². The summed E-state index contributed by atoms with van der Waals surface area (Å²) < 4.78 is 1.73. The molecule has 2 amide bonds. The predicted molar refractivity (Wildman–Crippen MR) is 88.4 cm³/mol. The SMILES string of the molecule is Cc1cc(CNC(=O)[C@@H]2CC(=O)N(c3cccc(O)c3)C2)n(C)n1. The van der Waals surface area contributed by atoms with Gasteiger partial charge in [-0.2, -0.15) is 5.10 Å². The largest absolute Gasteiger partial charge is 0.508 e. The summed E-state index contributed by atoms with van der Waals surface area (Å²) in [6.07, 6.45) is 0.173. The number of hydrogen-bond acceptors (Lipinski definition) is 4. The Morgan fingerprint density at radius 2 is 2.21 bits per heavy atom. The lowest BCUT2D eigenvalue weighted by molar-refractivity contribution is -0.126. The van der Waals surface area contributed by atoms with Crippen LogP contribution in [-0.2, 0) is 23.2 Å². The Morgan fingerprint density at radius 3 is 2.88 bits per heavy atom. The minimum Gasteiger partial charge on any atom is -0.508 e. The van der Waals surface area contributed by atoms with Gasteiger partial charge in [0.15, 0.2) is 0 Å². The molecule has 3 rings (SSSR count). The molecule has 1 fully saturated rings. The lowest BCUT2D eigenvalue weighted by atomic mass is 10.1. The molecule has 1 aliphatic heterocycles. The standard InChI is InChI=1S/C17H20N4O3/c1-11-6-14(20(2)19-11)9-18-17(24)12-7-16(23)21(10-12)13-4-3-5-15(22)8-13/h3-6,8,12,22H,7,9-10H2,1-2H3,(H,18,24)/t12-/m1/s1. The highest BCUT2D eigenvalue weighted by atomic mass is 16.3. The van der Waals surface area contributed by atoms with Crippen molar-refractivity contribution < 1.29 is 14.7 Å². The first-order valence-corrected chi connectivity index (χ1v) is 7.80. The van der Waals surface area contributed by atoms with E-state index in [9.17, 15) is 14.7 Å². The number of aromatic nitrogens is 2. The molecule has 0 unspecified atom stereocenters. The number of carbonyl (C=O) groups is 2. The van der Waals surface area contributed by atoms with Gasteiger partial charge in [-0.25, -0.2) is 0 Å². The number of carbonyl (C=O) groups excluding carboxylic acids is 2. The molecule has 2 aromatic rings. The lowest BCUT2D eigenvalue weighted by Crippen LogP contribution is -2.33. The molecule has 2 heterocycles. The third-order valence-electron chi connectivity index (χ3n) is 4.18. The van der Waals surface area contributed by atoms with Crippen LogP contribution in [0.5, 0.6) is 5.75 Å². The van der Waals surface area contributed by atoms with E-state index in [0.29, 0.717) is 18.8 Å². The van der Waals surface area contributed by atoms with Crippen LogP contribution in [0.15, 0.2) is 30.3 Å². The molecule has 1 aromatic carbocycles. The first-order chi connectivity index (χ1) is 11.4. The third kappa shape index (κ3) is 3.24. The van der Waals surface area contributed by atoms with E-state index < -0.39 is 5.92 Å². The van der Waals surface area contributed by atoms with Gasteiger partial charge in [0.1, 0.15) is 5.75 Å². The molecule has 24 heavy (non-hydrogen) atoms. The summed E-state index contributed by atoms with van der Waals surface area (Å²) in [5.41, 5.74) is 2.42. The monoisotopic (exact) mass is 328 g/mol. The number of phenolic OH excluding ortho intramolecular Hbond substituents is 1. The number of nitrogens with one attached hydrogen (secondary N) is 1. The Bertz CT molecular complexity index is 784. The fraction of sp³-hybridized carbons (Fsp3) is 0.353. The van der Waals surface area contributed by atoms with Crippen LogP contribution < -0.4 is 10.2 Å². The van der Waals surface area contributed by atoms with Gasteiger partial charge < -0.3 is 15.3 Å². The fourth-order valence-corrected chi connectivity index (χ4v) is 2.95. The second-order valence-corrected chi connectivity index (χ2v) is 6.04. The zero-order valence-corrected chi connectivity index (χ0v) is 13.7. The molecule has 0 spiro atoms. The van der Waals surface area contributed by atoms with Gasteiger partial charge in [0.25, 0.3) is 0 Å². The number of aromatic hydroxyl groups is 1. The summed E-state index contributed by atoms with van der Waals surface area (Å²) in [6, 6.07) is 8.41. The molecule has 1 atom stereocenters. The maximum absolute atomic E-state index is 12.4. The van der Waals surface area contributed by atoms with Crippen molar-refractivity contribution in [2.75, 3.05) is 11.4 Å². The van der Waals surface area contributed by atoms with E-state index >= 15 is 0 Å². The summed E-state index contributed by atoms with van der Waals surface area (Å²) in [5, 5.41) is 16.7. The molecule has 1 saturated heterocycles. The van der Waals surface area contributed by atoms with Crippen molar-refractivity contribution in [3.63, 3.8) is 0 Å². The zero-order chi connectivity index (χ0) is 17.3. The highest BCUT2D eigenvalue weighted by Gasteiger charge is 2.35. The van der Waals surface area contributed by atoms with Crippen molar-refractivity contribution >= 4 is 17.5 Å². The zero-order valence-electron chi connectivity index (χ0n) is 13.7. The number of hydrogen-bond donors (Lipinski definition) is 2. The fourth-order valence-electron chi connectivity index (χ4n) is 2.95. The van der Waals surface area contributed by atoms with E-state index in [-0.39, 0.29) is 24.0 Å². The Balaban J connectivity index is 1.62. The number of rotatable bonds is 4. The maximum atomic E-state index is 12.4. The average Bonchev–Trinajstić information content (AvgIpc) is 3.07. The molecule has 0 radical (unpaired) electrons. The van der Waals surface area contributed by atoms with Crippen molar-refractivity contribution in [2.24, 2.45) is 13.0 Å². The molecule has 7 heteroatoms. The van der Waals surface area contributed by atoms with E-state index in [4.69, 9.17) is 0 Å². The minimum atomic E-state index is -0.394. The summed E-state index contributed by atoms with van der Waals surface area (Å²) >= 11 is 0. The van der Waals surface area contributed by atoms with Crippen LogP contribution >= 0.6 is 0 Å². The van der Waals surface area contributed by atoms with Gasteiger partial charge in [0.2, 0.25) is 11.8 Å². The summed E-state index contributed by atoms with van der Waals surface area (Å²) in [6.45, 7) is 2.60. The van der Waals surface area contributed by atoms with Crippen molar-refractivity contribution in [2.45, 2.75) is 19.9 Å². The summed E-state index contributed by atoms with van der Waals surface area (Å²) in [4.78, 5) is 26.1. The highest BCUT2D eigenvalue weighted by Crippen LogP contribution is 2.27. The third-order valence-corrected chi connectivity index (χ3v) is 4.18. The Kier molecular flexibility index (Phi) is 4.24. The van der Waals surface area contributed by atoms with Crippen LogP contribution in [0.25, 0.3) is 0 Å². The highest BCUT2D eigenvalue weighted by molar-refractivity contribution is 6.00. The maximum Gasteiger partial charge on any atom is 0.227 e. The van der Waals surface area contributed by atoms with Crippen molar-refractivity contribution in [3.05, 3.63) is 41.7 Å². The van der Waals surface area contributed by atoms with Gasteiger partial charge in [-0.15, -0.1) is 0 Å². The molecular formula is C17H20N4O3. The Labute approximate surface area is 139 Å². The number of benzene rings is 1. The van der Waals surface area contributed by atoms with Crippen LogP contribution in [0.2, 0.25) is 0 Å². The Hall–Kier alpha value is -2.83. The van der Waals surface area contributed by atoms with E-state index in [1.54, 1.807) is 22.9 Å². The van der Waals surface area contributed by atoms with Gasteiger partial charge in [-0.1, -0.05) is 6.07 Å². The van der Waals surface area contributed by atoms with Crippen LogP contribution in [0.3, 0.4) is 0 Å². The topological polar surface area (TPSA) is 87.5 Å². The number of aryl methyl sites for hydroxylation is 2. The average molecular weight is 328 g/mol. The quantitative estimate of drug-likeness (QED) is 0.880.